The lowest BCUT2D eigenvalue weighted by molar-refractivity contribution is 0.713. The van der Waals surface area contributed by atoms with E-state index in [1.165, 1.54) is 60.6 Å². The van der Waals surface area contributed by atoms with Gasteiger partial charge in [0.2, 0.25) is 0 Å². The van der Waals surface area contributed by atoms with E-state index in [1.54, 1.807) is 0 Å². The van der Waals surface area contributed by atoms with E-state index in [0.29, 0.717) is 17.0 Å². The standard InChI is InChI=1S/C49H40N4S/c1-3-35(49-51-47(32-16-6-4-7-17-32)50-48(52-49)33-26-27-40-39-23-13-15-25-45(39)54-46(40)29-33)36-20-10-11-21-37(36)41-30-44-42(28-31(41)2)38-22-12-14-24-43(38)53(44)34-18-8-5-9-19-34/h4-13,15-23,25-30,35,39,45H,3,14,24H2,1-2H3. The molecule has 54 heavy (non-hydrogen) atoms. The molecule has 5 aromatic carbocycles. The van der Waals surface area contributed by atoms with Gasteiger partial charge in [0, 0.05) is 55.4 Å². The van der Waals surface area contributed by atoms with E-state index in [-0.39, 0.29) is 5.92 Å². The van der Waals surface area contributed by atoms with Crippen molar-refractivity contribution in [2.45, 2.75) is 55.1 Å². The number of benzene rings is 5. The Hall–Kier alpha value is -5.78. The van der Waals surface area contributed by atoms with Crippen LogP contribution in [0.3, 0.4) is 0 Å². The Morgan fingerprint density at radius 2 is 1.52 bits per heavy atom. The summed E-state index contributed by atoms with van der Waals surface area (Å²) in [7, 11) is 0. The molecule has 2 aromatic heterocycles. The summed E-state index contributed by atoms with van der Waals surface area (Å²) in [6.45, 7) is 4.51. The van der Waals surface area contributed by atoms with E-state index in [0.717, 1.165) is 42.0 Å². The van der Waals surface area contributed by atoms with Crippen molar-refractivity contribution < 1.29 is 0 Å². The topological polar surface area (TPSA) is 43.6 Å². The molecule has 0 fully saturated rings. The second kappa shape index (κ2) is 13.6. The van der Waals surface area contributed by atoms with Crippen LogP contribution in [-0.2, 0) is 6.42 Å². The Balaban J connectivity index is 1.12. The molecule has 0 radical (unpaired) electrons. The first-order chi connectivity index (χ1) is 26.6. The number of aromatic nitrogens is 4. The first-order valence-electron chi connectivity index (χ1n) is 19.1. The SMILES string of the molecule is CCC(c1nc(-c2ccccc2)nc(-c2ccc3c(c2)SC2C=CC=CC32)n1)c1ccccc1-c1cc2c(cc1C)c1c(n2-c2ccccc2)CCC=C1. The summed E-state index contributed by atoms with van der Waals surface area (Å²) in [4.78, 5) is 17.0. The van der Waals surface area contributed by atoms with Gasteiger partial charge >= 0.3 is 0 Å². The Labute approximate surface area is 321 Å². The molecule has 3 atom stereocenters. The molecule has 5 heteroatoms. The predicted molar refractivity (Wildman–Crippen MR) is 224 cm³/mol. The third-order valence-corrected chi connectivity index (χ3v) is 12.6. The van der Waals surface area contributed by atoms with Gasteiger partial charge in [-0.15, -0.1) is 11.8 Å². The Kier molecular flexibility index (Phi) is 8.25. The minimum absolute atomic E-state index is 0.0421. The number of nitrogens with zero attached hydrogens (tertiary/aromatic N) is 4. The summed E-state index contributed by atoms with van der Waals surface area (Å²) in [5.41, 5.74) is 13.5. The lowest BCUT2D eigenvalue weighted by Crippen LogP contribution is -2.10. The van der Waals surface area contributed by atoms with Crippen molar-refractivity contribution in [1.82, 2.24) is 19.5 Å². The largest absolute Gasteiger partial charge is 0.313 e. The second-order valence-corrected chi connectivity index (χ2v) is 15.8. The minimum Gasteiger partial charge on any atom is -0.313 e. The highest BCUT2D eigenvalue weighted by Crippen LogP contribution is 2.49. The highest BCUT2D eigenvalue weighted by atomic mass is 32.2. The summed E-state index contributed by atoms with van der Waals surface area (Å²) in [5, 5.41) is 1.75. The van der Waals surface area contributed by atoms with E-state index in [9.17, 15) is 0 Å². The molecular weight excluding hydrogens is 677 g/mol. The van der Waals surface area contributed by atoms with E-state index in [4.69, 9.17) is 15.0 Å². The summed E-state index contributed by atoms with van der Waals surface area (Å²) >= 11 is 1.94. The van der Waals surface area contributed by atoms with Crippen LogP contribution in [0, 0.1) is 6.92 Å². The van der Waals surface area contributed by atoms with Gasteiger partial charge in [-0.05, 0) is 84.3 Å². The minimum atomic E-state index is -0.0421. The normalized spacial score (nSPS) is 17.4. The summed E-state index contributed by atoms with van der Waals surface area (Å²) in [5.74, 6) is 2.60. The molecule has 3 heterocycles. The fourth-order valence-electron chi connectivity index (χ4n) is 8.69. The van der Waals surface area contributed by atoms with Crippen LogP contribution >= 0.6 is 11.8 Å². The monoisotopic (exact) mass is 716 g/mol. The smallest absolute Gasteiger partial charge is 0.163 e. The van der Waals surface area contributed by atoms with E-state index >= 15 is 0 Å². The number of hydrogen-bond donors (Lipinski definition) is 0. The van der Waals surface area contributed by atoms with Crippen LogP contribution in [-0.4, -0.2) is 24.8 Å². The fourth-order valence-corrected chi connectivity index (χ4v) is 10.1. The molecule has 3 unspecified atom stereocenters. The van der Waals surface area contributed by atoms with Crippen molar-refractivity contribution in [2.24, 2.45) is 0 Å². The fraction of sp³-hybridized carbons (Fsp3) is 0.163. The molecule has 3 aliphatic rings. The van der Waals surface area contributed by atoms with Gasteiger partial charge in [-0.1, -0.05) is 128 Å². The molecule has 7 aromatic rings. The maximum atomic E-state index is 5.33. The molecule has 262 valence electrons. The summed E-state index contributed by atoms with van der Waals surface area (Å²) in [6, 6.07) is 41.6. The van der Waals surface area contributed by atoms with Crippen LogP contribution in [0.1, 0.15) is 65.4 Å². The Morgan fingerprint density at radius 1 is 0.759 bits per heavy atom. The van der Waals surface area contributed by atoms with Crippen LogP contribution in [0.15, 0.2) is 151 Å². The maximum absolute atomic E-state index is 5.33. The first-order valence-corrected chi connectivity index (χ1v) is 20.0. The van der Waals surface area contributed by atoms with E-state index in [1.807, 2.05) is 17.8 Å². The predicted octanol–water partition coefficient (Wildman–Crippen LogP) is 12.3. The van der Waals surface area contributed by atoms with Gasteiger partial charge in [0.15, 0.2) is 11.6 Å². The van der Waals surface area contributed by atoms with Gasteiger partial charge in [0.1, 0.15) is 5.82 Å². The first kappa shape index (κ1) is 32.8. The molecule has 0 saturated carbocycles. The van der Waals surface area contributed by atoms with Gasteiger partial charge in [-0.25, -0.2) is 15.0 Å². The molecule has 2 aliphatic carbocycles. The van der Waals surface area contributed by atoms with Crippen LogP contribution in [0.5, 0.6) is 0 Å². The van der Waals surface area contributed by atoms with Crippen LogP contribution < -0.4 is 0 Å². The molecule has 0 N–H and O–H groups in total. The zero-order chi connectivity index (χ0) is 36.2. The number of thioether (sulfide) groups is 1. The molecule has 10 rings (SSSR count). The zero-order valence-corrected chi connectivity index (χ0v) is 31.3. The third kappa shape index (κ3) is 5.57. The lowest BCUT2D eigenvalue weighted by Gasteiger charge is -2.21. The van der Waals surface area contributed by atoms with Gasteiger partial charge in [0.25, 0.3) is 0 Å². The quantitative estimate of drug-likeness (QED) is 0.165. The molecule has 1 aliphatic heterocycles. The average molecular weight is 717 g/mol. The van der Waals surface area contributed by atoms with E-state index < -0.39 is 0 Å². The molecule has 0 amide bonds. The molecular formula is C49H40N4S. The number of fused-ring (bicyclic) bond motifs is 6. The van der Waals surface area contributed by atoms with Crippen molar-refractivity contribution in [3.05, 3.63) is 179 Å². The van der Waals surface area contributed by atoms with Gasteiger partial charge in [-0.2, -0.15) is 0 Å². The second-order valence-electron chi connectivity index (χ2n) is 14.5. The Bertz CT molecular complexity index is 2650. The van der Waals surface area contributed by atoms with Crippen molar-refractivity contribution in [2.75, 3.05) is 0 Å². The summed E-state index contributed by atoms with van der Waals surface area (Å²) < 4.78 is 2.48. The number of hydrogen-bond acceptors (Lipinski definition) is 4. The molecule has 0 saturated heterocycles. The van der Waals surface area contributed by atoms with Crippen LogP contribution in [0.2, 0.25) is 0 Å². The van der Waals surface area contributed by atoms with Crippen LogP contribution in [0.4, 0.5) is 0 Å². The van der Waals surface area contributed by atoms with Gasteiger partial charge in [-0.3, -0.25) is 0 Å². The molecule has 4 nitrogen and oxygen atoms in total. The van der Waals surface area contributed by atoms with E-state index in [2.05, 4.69) is 164 Å². The third-order valence-electron chi connectivity index (χ3n) is 11.3. The van der Waals surface area contributed by atoms with Gasteiger partial charge < -0.3 is 4.57 Å². The number of aryl methyl sites for hydroxylation is 1. The number of allylic oxidation sites excluding steroid dienone is 4. The van der Waals surface area contributed by atoms with Crippen LogP contribution in [0.25, 0.3) is 56.6 Å². The number of rotatable bonds is 7. The van der Waals surface area contributed by atoms with Crippen molar-refractivity contribution in [1.29, 1.82) is 0 Å². The van der Waals surface area contributed by atoms with Gasteiger partial charge in [0.05, 0.1) is 5.52 Å². The average Bonchev–Trinajstić information content (AvgIpc) is 3.76. The Morgan fingerprint density at radius 3 is 2.35 bits per heavy atom. The van der Waals surface area contributed by atoms with Crippen molar-refractivity contribution >= 4 is 28.7 Å². The highest BCUT2D eigenvalue weighted by molar-refractivity contribution is 8.00. The molecule has 0 spiro atoms. The number of para-hydroxylation sites is 1. The zero-order valence-electron chi connectivity index (χ0n) is 30.5. The van der Waals surface area contributed by atoms with Crippen molar-refractivity contribution in [3.8, 4) is 39.6 Å². The summed E-state index contributed by atoms with van der Waals surface area (Å²) in [6.07, 6.45) is 16.5. The highest BCUT2D eigenvalue weighted by Gasteiger charge is 2.32. The lowest BCUT2D eigenvalue weighted by atomic mass is 9.86. The maximum Gasteiger partial charge on any atom is 0.163 e. The molecule has 0 bridgehead atoms. The van der Waals surface area contributed by atoms with Crippen molar-refractivity contribution in [3.63, 3.8) is 0 Å².